The summed E-state index contributed by atoms with van der Waals surface area (Å²) in [5.74, 6) is 0. The molecule has 1 aromatic rings. The van der Waals surface area contributed by atoms with Gasteiger partial charge in [-0.2, -0.15) is 10.5 Å². The molecule has 0 aromatic heterocycles. The average Bonchev–Trinajstić information content (AvgIpc) is 2.09. The first-order valence-corrected chi connectivity index (χ1v) is 3.71. The fraction of sp³-hybridized carbons (Fsp3) is 0.111. The molecule has 58 valence electrons. The number of nitrogens with zero attached hydrogens (tertiary/aromatic N) is 2. The molecule has 0 heterocycles. The van der Waals surface area contributed by atoms with E-state index in [9.17, 15) is 0 Å². The molecule has 0 bridgehead atoms. The maximum Gasteiger partial charge on any atom is 0.0992 e. The van der Waals surface area contributed by atoms with Gasteiger partial charge in [0.1, 0.15) is 0 Å². The fourth-order valence-corrected chi connectivity index (χ4v) is 1.09. The second-order valence-electron chi connectivity index (χ2n) is 2.25. The molecule has 0 atom stereocenters. The van der Waals surface area contributed by atoms with E-state index in [2.05, 4.69) is 0 Å². The van der Waals surface area contributed by atoms with Gasteiger partial charge < -0.3 is 0 Å². The van der Waals surface area contributed by atoms with Gasteiger partial charge in [-0.1, -0.05) is 17.7 Å². The van der Waals surface area contributed by atoms with Crippen molar-refractivity contribution < 1.29 is 0 Å². The monoisotopic (exact) mass is 176 g/mol. The minimum absolute atomic E-state index is 0.282. The number of nitriles is 2. The lowest BCUT2D eigenvalue weighted by atomic mass is 10.1. The van der Waals surface area contributed by atoms with Crippen molar-refractivity contribution in [1.82, 2.24) is 0 Å². The van der Waals surface area contributed by atoms with Crippen molar-refractivity contribution in [3.63, 3.8) is 0 Å². The topological polar surface area (TPSA) is 47.6 Å². The van der Waals surface area contributed by atoms with Crippen LogP contribution < -0.4 is 0 Å². The Morgan fingerprint density at radius 2 is 2.08 bits per heavy atom. The number of halogens is 1. The van der Waals surface area contributed by atoms with Crippen LogP contribution in [0.5, 0.6) is 0 Å². The highest BCUT2D eigenvalue weighted by Crippen LogP contribution is 2.17. The first-order chi connectivity index (χ1) is 5.77. The molecule has 3 heteroatoms. The van der Waals surface area contributed by atoms with Crippen molar-refractivity contribution in [2.75, 3.05) is 0 Å². The van der Waals surface area contributed by atoms with Crippen molar-refractivity contribution in [2.45, 2.75) is 6.42 Å². The lowest BCUT2D eigenvalue weighted by molar-refractivity contribution is 1.26. The van der Waals surface area contributed by atoms with Crippen molar-refractivity contribution in [3.8, 4) is 12.1 Å². The van der Waals surface area contributed by atoms with E-state index in [-0.39, 0.29) is 6.42 Å². The first-order valence-electron chi connectivity index (χ1n) is 3.33. The molecule has 0 fully saturated rings. The summed E-state index contributed by atoms with van der Waals surface area (Å²) in [7, 11) is 0. The van der Waals surface area contributed by atoms with Gasteiger partial charge >= 0.3 is 0 Å². The molecule has 0 N–H and O–H groups in total. The molecule has 0 unspecified atom stereocenters. The van der Waals surface area contributed by atoms with Crippen molar-refractivity contribution >= 4 is 11.6 Å². The van der Waals surface area contributed by atoms with Crippen LogP contribution in [0.3, 0.4) is 0 Å². The molecular weight excluding hydrogens is 172 g/mol. The zero-order chi connectivity index (χ0) is 8.97. The molecule has 12 heavy (non-hydrogen) atoms. The number of rotatable bonds is 1. The molecule has 0 aliphatic heterocycles. The summed E-state index contributed by atoms with van der Waals surface area (Å²) in [4.78, 5) is 0. The highest BCUT2D eigenvalue weighted by atomic mass is 35.5. The van der Waals surface area contributed by atoms with E-state index in [1.807, 2.05) is 12.1 Å². The Kier molecular flexibility index (Phi) is 2.69. The van der Waals surface area contributed by atoms with Gasteiger partial charge in [-0.25, -0.2) is 0 Å². The van der Waals surface area contributed by atoms with Crippen LogP contribution in [0.1, 0.15) is 11.1 Å². The van der Waals surface area contributed by atoms with E-state index in [0.29, 0.717) is 10.6 Å². The lowest BCUT2D eigenvalue weighted by Gasteiger charge is -1.97. The molecule has 1 aromatic carbocycles. The van der Waals surface area contributed by atoms with E-state index < -0.39 is 0 Å². The third-order valence-electron chi connectivity index (χ3n) is 1.45. The average molecular weight is 177 g/mol. The van der Waals surface area contributed by atoms with Crippen LogP contribution in [0.2, 0.25) is 5.02 Å². The summed E-state index contributed by atoms with van der Waals surface area (Å²) in [5.41, 5.74) is 1.28. The molecule has 0 radical (unpaired) electrons. The Bertz CT molecular complexity index is 371. The van der Waals surface area contributed by atoms with E-state index >= 15 is 0 Å². The van der Waals surface area contributed by atoms with Crippen LogP contribution in [0.15, 0.2) is 18.2 Å². The highest BCUT2D eigenvalue weighted by Gasteiger charge is 1.99. The minimum Gasteiger partial charge on any atom is -0.198 e. The quantitative estimate of drug-likeness (QED) is 0.659. The van der Waals surface area contributed by atoms with Crippen LogP contribution >= 0.6 is 11.6 Å². The third-order valence-corrected chi connectivity index (χ3v) is 1.80. The maximum absolute atomic E-state index is 8.51. The number of benzene rings is 1. The van der Waals surface area contributed by atoms with Gasteiger partial charge in [0, 0.05) is 5.02 Å². The molecule has 0 spiro atoms. The molecule has 0 aliphatic carbocycles. The Labute approximate surface area is 75.6 Å². The van der Waals surface area contributed by atoms with Crippen LogP contribution in [0.4, 0.5) is 0 Å². The Hall–Kier alpha value is -1.51. The van der Waals surface area contributed by atoms with Crippen LogP contribution in [-0.4, -0.2) is 0 Å². The predicted octanol–water partition coefficient (Wildman–Crippen LogP) is 2.28. The lowest BCUT2D eigenvalue weighted by Crippen LogP contribution is -1.84. The summed E-state index contributed by atoms with van der Waals surface area (Å²) in [6, 6.07) is 8.88. The van der Waals surface area contributed by atoms with Gasteiger partial charge in [0.25, 0.3) is 0 Å². The van der Waals surface area contributed by atoms with Crippen molar-refractivity contribution in [3.05, 3.63) is 34.3 Å². The Morgan fingerprint density at radius 1 is 1.33 bits per heavy atom. The highest BCUT2D eigenvalue weighted by molar-refractivity contribution is 6.31. The van der Waals surface area contributed by atoms with Crippen LogP contribution in [-0.2, 0) is 6.42 Å². The van der Waals surface area contributed by atoms with Gasteiger partial charge in [0.15, 0.2) is 0 Å². The van der Waals surface area contributed by atoms with E-state index in [4.69, 9.17) is 22.1 Å². The number of hydrogen-bond donors (Lipinski definition) is 0. The normalized spacial score (nSPS) is 8.58. The SMILES string of the molecule is N#CCc1ccc(C#N)cc1Cl. The van der Waals surface area contributed by atoms with Gasteiger partial charge in [-0.3, -0.25) is 0 Å². The third kappa shape index (κ3) is 1.75. The standard InChI is InChI=1S/C9H5ClN2/c10-9-5-7(6-12)1-2-8(9)3-4-11/h1-2,5H,3H2. The zero-order valence-electron chi connectivity index (χ0n) is 6.21. The summed E-state index contributed by atoms with van der Waals surface area (Å²) in [5, 5.41) is 17.4. The Morgan fingerprint density at radius 3 is 2.58 bits per heavy atom. The van der Waals surface area contributed by atoms with Crippen LogP contribution in [0, 0.1) is 22.7 Å². The van der Waals surface area contributed by atoms with Gasteiger partial charge in [-0.15, -0.1) is 0 Å². The zero-order valence-corrected chi connectivity index (χ0v) is 6.97. The second kappa shape index (κ2) is 3.76. The van der Waals surface area contributed by atoms with Gasteiger partial charge in [-0.05, 0) is 17.7 Å². The van der Waals surface area contributed by atoms with E-state index in [1.54, 1.807) is 18.2 Å². The summed E-state index contributed by atoms with van der Waals surface area (Å²) >= 11 is 5.78. The molecular formula is C9H5ClN2. The van der Waals surface area contributed by atoms with Crippen molar-refractivity contribution in [1.29, 1.82) is 10.5 Å². The molecule has 0 saturated heterocycles. The molecule has 0 saturated carbocycles. The predicted molar refractivity (Wildman–Crippen MR) is 45.5 cm³/mol. The first kappa shape index (κ1) is 8.59. The molecule has 1 rings (SSSR count). The largest absolute Gasteiger partial charge is 0.198 e. The van der Waals surface area contributed by atoms with Crippen molar-refractivity contribution in [2.24, 2.45) is 0 Å². The smallest absolute Gasteiger partial charge is 0.0992 e. The Balaban J connectivity index is 3.07. The van der Waals surface area contributed by atoms with Gasteiger partial charge in [0.05, 0.1) is 24.1 Å². The fourth-order valence-electron chi connectivity index (χ4n) is 0.845. The van der Waals surface area contributed by atoms with E-state index in [1.165, 1.54) is 0 Å². The second-order valence-corrected chi connectivity index (χ2v) is 2.66. The molecule has 2 nitrogen and oxygen atoms in total. The summed E-state index contributed by atoms with van der Waals surface area (Å²) in [6.07, 6.45) is 0.282. The van der Waals surface area contributed by atoms with Crippen LogP contribution in [0.25, 0.3) is 0 Å². The minimum atomic E-state index is 0.282. The number of hydrogen-bond acceptors (Lipinski definition) is 2. The van der Waals surface area contributed by atoms with E-state index in [0.717, 1.165) is 5.56 Å². The summed E-state index contributed by atoms with van der Waals surface area (Å²) in [6.45, 7) is 0. The molecule has 0 amide bonds. The van der Waals surface area contributed by atoms with Gasteiger partial charge in [0.2, 0.25) is 0 Å². The summed E-state index contributed by atoms with van der Waals surface area (Å²) < 4.78 is 0. The maximum atomic E-state index is 8.51. The molecule has 0 aliphatic rings.